The van der Waals surface area contributed by atoms with Gasteiger partial charge in [0.2, 0.25) is 0 Å². The van der Waals surface area contributed by atoms with Crippen molar-refractivity contribution in [3.8, 4) is 5.75 Å². The number of rotatable bonds is 5. The van der Waals surface area contributed by atoms with E-state index < -0.39 is 15.1 Å². The molecule has 0 spiro atoms. The third-order valence-corrected chi connectivity index (χ3v) is 5.93. The lowest BCUT2D eigenvalue weighted by Crippen LogP contribution is -2.32. The molecule has 0 aromatic heterocycles. The Morgan fingerprint density at radius 3 is 2.58 bits per heavy atom. The van der Waals surface area contributed by atoms with Crippen LogP contribution in [0.1, 0.15) is 33.1 Å². The third kappa shape index (κ3) is 6.46. The van der Waals surface area contributed by atoms with Gasteiger partial charge in [-0.2, -0.15) is 0 Å². The molecule has 0 aliphatic carbocycles. The normalized spacial score (nSPS) is 20.3. The van der Waals surface area contributed by atoms with E-state index in [4.69, 9.17) is 10.5 Å². The summed E-state index contributed by atoms with van der Waals surface area (Å²) in [5.74, 6) is 1.27. The van der Waals surface area contributed by atoms with Crippen molar-refractivity contribution in [1.82, 2.24) is 0 Å². The molecule has 1 aromatic carbocycles. The molecule has 1 unspecified atom stereocenters. The Balaban J connectivity index is 0.00000288. The molecule has 136 valence electrons. The van der Waals surface area contributed by atoms with Gasteiger partial charge in [-0.1, -0.05) is 6.42 Å². The first-order valence-corrected chi connectivity index (χ1v) is 9.63. The van der Waals surface area contributed by atoms with Gasteiger partial charge in [0.05, 0.1) is 23.7 Å². The van der Waals surface area contributed by atoms with Gasteiger partial charge >= 0.3 is 0 Å². The molecule has 1 fully saturated rings. The first-order valence-electron chi connectivity index (χ1n) is 7.92. The van der Waals surface area contributed by atoms with Gasteiger partial charge in [0.25, 0.3) is 0 Å². The number of nitrogens with two attached hydrogens (primary N) is 1. The zero-order valence-corrected chi connectivity index (χ0v) is 17.2. The summed E-state index contributed by atoms with van der Waals surface area (Å²) in [6, 6.07) is 7.39. The second-order valence-electron chi connectivity index (χ2n) is 6.03. The standard InChI is InChI=1S/C16H25N3O3S.HI/c1-12(2)22-14-8-6-13(7-9-14)19-16(17)18-11-15-5-3-4-10-23(15,20)21;/h6-9,12,15H,3-5,10-11H2,1-2H3,(H3,17,18,19);1H. The third-order valence-electron chi connectivity index (χ3n) is 3.68. The highest BCUT2D eigenvalue weighted by atomic mass is 127. The maximum atomic E-state index is 11.9. The number of hydrogen-bond donors (Lipinski definition) is 2. The van der Waals surface area contributed by atoms with Crippen LogP contribution in [0.2, 0.25) is 0 Å². The molecule has 24 heavy (non-hydrogen) atoms. The molecule has 0 amide bonds. The summed E-state index contributed by atoms with van der Waals surface area (Å²) in [6.45, 7) is 4.15. The van der Waals surface area contributed by atoms with Gasteiger partial charge in [-0.15, -0.1) is 24.0 Å². The molecule has 8 heteroatoms. The number of halogens is 1. The van der Waals surface area contributed by atoms with E-state index in [2.05, 4.69) is 10.3 Å². The van der Waals surface area contributed by atoms with Crippen molar-refractivity contribution in [1.29, 1.82) is 0 Å². The molecular formula is C16H26IN3O3S. The van der Waals surface area contributed by atoms with Gasteiger partial charge in [0.1, 0.15) is 5.75 Å². The van der Waals surface area contributed by atoms with Crippen LogP contribution in [-0.4, -0.2) is 38.0 Å². The SMILES string of the molecule is CC(C)Oc1ccc(NC(N)=NCC2CCCCS2(=O)=O)cc1.I. The largest absolute Gasteiger partial charge is 0.491 e. The van der Waals surface area contributed by atoms with Crippen LogP contribution < -0.4 is 15.8 Å². The average molecular weight is 467 g/mol. The summed E-state index contributed by atoms with van der Waals surface area (Å²) in [7, 11) is -3.02. The molecule has 1 aliphatic rings. The minimum atomic E-state index is -3.02. The topological polar surface area (TPSA) is 93.8 Å². The van der Waals surface area contributed by atoms with Crippen molar-refractivity contribution in [3.05, 3.63) is 24.3 Å². The van der Waals surface area contributed by atoms with E-state index in [0.717, 1.165) is 24.3 Å². The number of sulfone groups is 1. The molecule has 0 bridgehead atoms. The number of anilines is 1. The van der Waals surface area contributed by atoms with Gasteiger partial charge in [0, 0.05) is 5.69 Å². The summed E-state index contributed by atoms with van der Waals surface area (Å²) in [5, 5.41) is 2.56. The van der Waals surface area contributed by atoms with Crippen molar-refractivity contribution < 1.29 is 13.2 Å². The Bertz CT molecular complexity index is 645. The first-order chi connectivity index (χ1) is 10.9. The van der Waals surface area contributed by atoms with E-state index >= 15 is 0 Å². The van der Waals surface area contributed by atoms with Crippen LogP contribution in [-0.2, 0) is 9.84 Å². The maximum Gasteiger partial charge on any atom is 0.193 e. The van der Waals surface area contributed by atoms with Crippen LogP contribution in [0.5, 0.6) is 5.75 Å². The minimum Gasteiger partial charge on any atom is -0.491 e. The molecule has 1 atom stereocenters. The Morgan fingerprint density at radius 1 is 1.33 bits per heavy atom. The van der Waals surface area contributed by atoms with Gasteiger partial charge in [-0.3, -0.25) is 4.99 Å². The predicted octanol–water partition coefficient (Wildman–Crippen LogP) is 2.79. The second-order valence-corrected chi connectivity index (χ2v) is 8.43. The van der Waals surface area contributed by atoms with E-state index in [0.29, 0.717) is 6.42 Å². The first kappa shape index (κ1) is 21.0. The van der Waals surface area contributed by atoms with E-state index in [1.54, 1.807) is 0 Å². The van der Waals surface area contributed by atoms with Crippen LogP contribution in [0.25, 0.3) is 0 Å². The lowest BCUT2D eigenvalue weighted by Gasteiger charge is -2.20. The number of aliphatic imine (C=N–C) groups is 1. The van der Waals surface area contributed by atoms with Crippen LogP contribution in [0.3, 0.4) is 0 Å². The van der Waals surface area contributed by atoms with Crippen LogP contribution in [0.4, 0.5) is 5.69 Å². The van der Waals surface area contributed by atoms with Crippen molar-refractivity contribution in [2.45, 2.75) is 44.5 Å². The lowest BCUT2D eigenvalue weighted by molar-refractivity contribution is 0.242. The van der Waals surface area contributed by atoms with Crippen molar-refractivity contribution in [2.24, 2.45) is 10.7 Å². The Hall–Kier alpha value is -1.03. The summed E-state index contributed by atoms with van der Waals surface area (Å²) in [6.07, 6.45) is 2.48. The molecule has 3 N–H and O–H groups in total. The second kappa shape index (κ2) is 9.45. The summed E-state index contributed by atoms with van der Waals surface area (Å²) in [4.78, 5) is 4.18. The van der Waals surface area contributed by atoms with Gasteiger partial charge in [-0.25, -0.2) is 8.42 Å². The highest BCUT2D eigenvalue weighted by Crippen LogP contribution is 2.20. The molecule has 1 saturated heterocycles. The molecule has 1 aromatic rings. The molecule has 6 nitrogen and oxygen atoms in total. The Kier molecular flexibility index (Phi) is 8.28. The summed E-state index contributed by atoms with van der Waals surface area (Å²) < 4.78 is 29.4. The summed E-state index contributed by atoms with van der Waals surface area (Å²) in [5.41, 5.74) is 6.63. The van der Waals surface area contributed by atoms with Gasteiger partial charge in [-0.05, 0) is 51.0 Å². The molecule has 2 rings (SSSR count). The lowest BCUT2D eigenvalue weighted by atomic mass is 10.2. The number of nitrogens with one attached hydrogen (secondary N) is 1. The van der Waals surface area contributed by atoms with E-state index in [-0.39, 0.29) is 48.3 Å². The van der Waals surface area contributed by atoms with E-state index in [9.17, 15) is 8.42 Å². The zero-order chi connectivity index (χ0) is 16.9. The Labute approximate surface area is 161 Å². The quantitative estimate of drug-likeness (QED) is 0.395. The number of ether oxygens (including phenoxy) is 1. The van der Waals surface area contributed by atoms with Crippen LogP contribution in [0, 0.1) is 0 Å². The fourth-order valence-corrected chi connectivity index (χ4v) is 4.27. The molecule has 1 heterocycles. The van der Waals surface area contributed by atoms with Gasteiger partial charge in [0.15, 0.2) is 15.8 Å². The van der Waals surface area contributed by atoms with Crippen LogP contribution in [0.15, 0.2) is 29.3 Å². The highest BCUT2D eigenvalue weighted by Gasteiger charge is 2.28. The summed E-state index contributed by atoms with van der Waals surface area (Å²) >= 11 is 0. The smallest absolute Gasteiger partial charge is 0.193 e. The Morgan fingerprint density at radius 2 is 2.00 bits per heavy atom. The number of benzene rings is 1. The van der Waals surface area contributed by atoms with Crippen molar-refractivity contribution >= 4 is 45.5 Å². The highest BCUT2D eigenvalue weighted by molar-refractivity contribution is 14.0. The molecule has 0 saturated carbocycles. The predicted molar refractivity (Wildman–Crippen MR) is 109 cm³/mol. The number of nitrogens with zero attached hydrogens (tertiary/aromatic N) is 1. The van der Waals surface area contributed by atoms with E-state index in [1.165, 1.54) is 0 Å². The average Bonchev–Trinajstić information content (AvgIpc) is 2.47. The number of guanidine groups is 1. The molecule has 1 aliphatic heterocycles. The number of hydrogen-bond acceptors (Lipinski definition) is 4. The van der Waals surface area contributed by atoms with Gasteiger partial charge < -0.3 is 15.8 Å². The van der Waals surface area contributed by atoms with E-state index in [1.807, 2.05) is 38.1 Å². The molecular weight excluding hydrogens is 441 g/mol. The van der Waals surface area contributed by atoms with Crippen molar-refractivity contribution in [2.75, 3.05) is 17.6 Å². The van der Waals surface area contributed by atoms with Crippen molar-refractivity contribution in [3.63, 3.8) is 0 Å². The fourth-order valence-electron chi connectivity index (χ4n) is 2.50. The minimum absolute atomic E-state index is 0. The maximum absolute atomic E-state index is 11.9. The zero-order valence-electron chi connectivity index (χ0n) is 14.1. The van der Waals surface area contributed by atoms with Crippen LogP contribution >= 0.6 is 24.0 Å². The molecule has 0 radical (unpaired) electrons. The monoisotopic (exact) mass is 467 g/mol. The fraction of sp³-hybridized carbons (Fsp3) is 0.562.